The molecule has 2 N–H and O–H groups in total. The van der Waals surface area contributed by atoms with Crippen LogP contribution in [0.3, 0.4) is 0 Å². The van der Waals surface area contributed by atoms with Crippen LogP contribution in [0.1, 0.15) is 12.5 Å². The predicted octanol–water partition coefficient (Wildman–Crippen LogP) is 3.34. The highest BCUT2D eigenvalue weighted by molar-refractivity contribution is 6.02. The minimum absolute atomic E-state index is 0.0570. The molecule has 0 unspecified atom stereocenters. The van der Waals surface area contributed by atoms with Gasteiger partial charge in [0.2, 0.25) is 11.8 Å². The maximum atomic E-state index is 13.7. The number of carbonyl (C=O) groups is 2. The molecular weight excluding hydrogens is 329 g/mol. The molecule has 0 aliphatic rings. The Hall–Kier alpha value is -3.55. The predicted molar refractivity (Wildman–Crippen MR) is 91.5 cm³/mol. The third-order valence-corrected chi connectivity index (χ3v) is 3.08. The number of benzene rings is 2. The van der Waals surface area contributed by atoms with Crippen LogP contribution in [0, 0.1) is 15.9 Å². The second kappa shape index (κ2) is 7.82. The van der Waals surface area contributed by atoms with E-state index in [0.29, 0.717) is 11.3 Å². The normalized spacial score (nSPS) is 10.5. The minimum Gasteiger partial charge on any atom is -0.326 e. The van der Waals surface area contributed by atoms with E-state index in [9.17, 15) is 24.1 Å². The number of hydrogen-bond donors (Lipinski definition) is 2. The Bertz CT molecular complexity index is 847. The van der Waals surface area contributed by atoms with E-state index < -0.39 is 16.6 Å². The number of hydrogen-bond acceptors (Lipinski definition) is 4. The number of anilines is 2. The van der Waals surface area contributed by atoms with Crippen molar-refractivity contribution in [3.05, 3.63) is 70.0 Å². The van der Waals surface area contributed by atoms with E-state index in [2.05, 4.69) is 10.6 Å². The van der Waals surface area contributed by atoms with Crippen LogP contribution in [-0.2, 0) is 9.59 Å². The Balaban J connectivity index is 2.06. The van der Waals surface area contributed by atoms with Gasteiger partial charge < -0.3 is 10.6 Å². The number of nitro groups is 1. The summed E-state index contributed by atoms with van der Waals surface area (Å²) >= 11 is 0. The third-order valence-electron chi connectivity index (χ3n) is 3.08. The molecule has 2 aromatic carbocycles. The molecule has 0 bridgehead atoms. The van der Waals surface area contributed by atoms with Crippen LogP contribution >= 0.6 is 0 Å². The van der Waals surface area contributed by atoms with Crippen molar-refractivity contribution in [2.45, 2.75) is 6.92 Å². The molecule has 0 aliphatic carbocycles. The van der Waals surface area contributed by atoms with Gasteiger partial charge in [-0.3, -0.25) is 19.7 Å². The lowest BCUT2D eigenvalue weighted by Gasteiger charge is -2.07. The zero-order valence-corrected chi connectivity index (χ0v) is 13.2. The maximum absolute atomic E-state index is 13.7. The highest BCUT2D eigenvalue weighted by Gasteiger charge is 2.07. The third kappa shape index (κ3) is 5.24. The number of nitrogens with one attached hydrogen (secondary N) is 2. The Kier molecular flexibility index (Phi) is 5.57. The fraction of sp³-hybridized carbons (Fsp3) is 0.0588. The van der Waals surface area contributed by atoms with Crippen molar-refractivity contribution in [3.8, 4) is 0 Å². The van der Waals surface area contributed by atoms with Crippen LogP contribution in [0.25, 0.3) is 6.08 Å². The molecule has 2 aromatic rings. The Labute approximate surface area is 142 Å². The maximum Gasteiger partial charge on any atom is 0.269 e. The molecule has 0 heterocycles. The summed E-state index contributed by atoms with van der Waals surface area (Å²) in [6, 6.07) is 9.40. The van der Waals surface area contributed by atoms with Gasteiger partial charge in [0.15, 0.2) is 0 Å². The average Bonchev–Trinajstić information content (AvgIpc) is 2.56. The molecule has 128 valence electrons. The van der Waals surface area contributed by atoms with Gasteiger partial charge in [-0.2, -0.15) is 0 Å². The van der Waals surface area contributed by atoms with Crippen molar-refractivity contribution < 1.29 is 18.9 Å². The summed E-state index contributed by atoms with van der Waals surface area (Å²) in [6.45, 7) is 1.31. The van der Waals surface area contributed by atoms with E-state index in [1.807, 2.05) is 0 Å². The minimum atomic E-state index is -0.647. The van der Waals surface area contributed by atoms with Crippen LogP contribution < -0.4 is 10.6 Å². The molecule has 8 heteroatoms. The molecule has 0 saturated carbocycles. The molecule has 0 saturated heterocycles. The Morgan fingerprint density at radius 3 is 2.40 bits per heavy atom. The molecule has 2 rings (SSSR count). The smallest absolute Gasteiger partial charge is 0.269 e. The lowest BCUT2D eigenvalue weighted by molar-refractivity contribution is -0.384. The van der Waals surface area contributed by atoms with Gasteiger partial charge in [0.05, 0.1) is 10.6 Å². The first kappa shape index (κ1) is 17.8. The van der Waals surface area contributed by atoms with Crippen LogP contribution in [-0.4, -0.2) is 16.7 Å². The lowest BCUT2D eigenvalue weighted by atomic mass is 10.2. The standard InChI is InChI=1S/C17H14FN3O4/c1-11(22)19-13-5-8-15(18)16(10-13)20-17(23)9-4-12-2-6-14(7-3-12)21(24)25/h2-10H,1H3,(H,19,22)(H,20,23)/b9-4+. The van der Waals surface area contributed by atoms with Gasteiger partial charge in [-0.15, -0.1) is 0 Å². The second-order valence-electron chi connectivity index (χ2n) is 5.05. The molecule has 0 atom stereocenters. The molecule has 0 aromatic heterocycles. The summed E-state index contributed by atoms with van der Waals surface area (Å²) in [5, 5.41) is 15.4. The van der Waals surface area contributed by atoms with Gasteiger partial charge in [-0.05, 0) is 42.0 Å². The fourth-order valence-electron chi connectivity index (χ4n) is 1.96. The number of non-ortho nitro benzene ring substituents is 1. The van der Waals surface area contributed by atoms with Gasteiger partial charge in [-0.1, -0.05) is 0 Å². The molecule has 0 fully saturated rings. The molecule has 0 aliphatic heterocycles. The van der Waals surface area contributed by atoms with Crippen molar-refractivity contribution in [1.29, 1.82) is 0 Å². The Morgan fingerprint density at radius 1 is 1.12 bits per heavy atom. The first-order valence-corrected chi connectivity index (χ1v) is 7.16. The summed E-state index contributed by atoms with van der Waals surface area (Å²) in [4.78, 5) is 32.9. The Morgan fingerprint density at radius 2 is 1.80 bits per heavy atom. The molecular formula is C17H14FN3O4. The molecule has 0 spiro atoms. The summed E-state index contributed by atoms with van der Waals surface area (Å²) in [6.07, 6.45) is 2.61. The lowest BCUT2D eigenvalue weighted by Crippen LogP contribution is -2.11. The van der Waals surface area contributed by atoms with Gasteiger partial charge in [0, 0.05) is 30.8 Å². The number of amides is 2. The summed E-state index contributed by atoms with van der Waals surface area (Å²) in [7, 11) is 0. The second-order valence-corrected chi connectivity index (χ2v) is 5.05. The summed E-state index contributed by atoms with van der Waals surface area (Å²) < 4.78 is 13.7. The largest absolute Gasteiger partial charge is 0.326 e. The van der Waals surface area contributed by atoms with Crippen LogP contribution in [0.4, 0.5) is 21.5 Å². The van der Waals surface area contributed by atoms with Gasteiger partial charge >= 0.3 is 0 Å². The number of rotatable bonds is 5. The van der Waals surface area contributed by atoms with Gasteiger partial charge in [-0.25, -0.2) is 4.39 Å². The van der Waals surface area contributed by atoms with Crippen molar-refractivity contribution in [1.82, 2.24) is 0 Å². The van der Waals surface area contributed by atoms with E-state index in [1.54, 1.807) is 0 Å². The monoisotopic (exact) mass is 343 g/mol. The van der Waals surface area contributed by atoms with Crippen molar-refractivity contribution in [2.24, 2.45) is 0 Å². The van der Waals surface area contributed by atoms with Crippen LogP contribution in [0.5, 0.6) is 0 Å². The van der Waals surface area contributed by atoms with Crippen molar-refractivity contribution in [3.63, 3.8) is 0 Å². The number of nitrogens with zero attached hydrogens (tertiary/aromatic N) is 1. The van der Waals surface area contributed by atoms with Crippen molar-refractivity contribution >= 4 is 35.0 Å². The average molecular weight is 343 g/mol. The van der Waals surface area contributed by atoms with E-state index >= 15 is 0 Å². The van der Waals surface area contributed by atoms with E-state index in [0.717, 1.165) is 6.07 Å². The highest BCUT2D eigenvalue weighted by atomic mass is 19.1. The van der Waals surface area contributed by atoms with Crippen molar-refractivity contribution in [2.75, 3.05) is 10.6 Å². The molecule has 25 heavy (non-hydrogen) atoms. The van der Waals surface area contributed by atoms with Gasteiger partial charge in [0.25, 0.3) is 5.69 Å². The molecule has 0 radical (unpaired) electrons. The first-order chi connectivity index (χ1) is 11.8. The zero-order chi connectivity index (χ0) is 18.4. The van der Waals surface area contributed by atoms with Crippen LogP contribution in [0.2, 0.25) is 0 Å². The quantitative estimate of drug-likeness (QED) is 0.494. The SMILES string of the molecule is CC(=O)Nc1ccc(F)c(NC(=O)/C=C/c2ccc([N+](=O)[O-])cc2)c1. The van der Waals surface area contributed by atoms with E-state index in [4.69, 9.17) is 0 Å². The van der Waals surface area contributed by atoms with Gasteiger partial charge in [0.1, 0.15) is 5.82 Å². The number of carbonyl (C=O) groups excluding carboxylic acids is 2. The fourth-order valence-corrected chi connectivity index (χ4v) is 1.96. The molecule has 2 amide bonds. The summed E-state index contributed by atoms with van der Waals surface area (Å²) in [5.74, 6) is -1.55. The molecule has 7 nitrogen and oxygen atoms in total. The van der Waals surface area contributed by atoms with E-state index in [1.165, 1.54) is 55.5 Å². The zero-order valence-electron chi connectivity index (χ0n) is 13.2. The van der Waals surface area contributed by atoms with E-state index in [-0.39, 0.29) is 17.3 Å². The van der Waals surface area contributed by atoms with Crippen LogP contribution in [0.15, 0.2) is 48.5 Å². The topological polar surface area (TPSA) is 101 Å². The summed E-state index contributed by atoms with van der Waals surface area (Å²) in [5.41, 5.74) is 0.792. The number of nitro benzene ring substituents is 1. The number of halogens is 1. The first-order valence-electron chi connectivity index (χ1n) is 7.16. The highest BCUT2D eigenvalue weighted by Crippen LogP contribution is 2.20.